The topological polar surface area (TPSA) is 104 Å². The molecule has 1 aliphatic heterocycles. The van der Waals surface area contributed by atoms with Crippen molar-refractivity contribution in [2.75, 3.05) is 13.1 Å². The molecule has 0 bridgehead atoms. The van der Waals surface area contributed by atoms with Crippen LogP contribution in [0.5, 0.6) is 11.5 Å². The van der Waals surface area contributed by atoms with Gasteiger partial charge in [0.15, 0.2) is 11.5 Å². The molecule has 254 valence electrons. The maximum Gasteiger partial charge on any atom is 0.530 e. The van der Waals surface area contributed by atoms with Gasteiger partial charge >= 0.3 is 15.6 Å². The fraction of sp³-hybridized carbons (Fsp3) is 0.351. The summed E-state index contributed by atoms with van der Waals surface area (Å²) in [6.45, 7) is 4.08. The number of fused-ring (bicyclic) bond motifs is 2. The van der Waals surface area contributed by atoms with Gasteiger partial charge in [-0.3, -0.25) is 23.4 Å². The second-order valence-corrected chi connectivity index (χ2v) is 15.3. The summed E-state index contributed by atoms with van der Waals surface area (Å²) >= 11 is 0. The van der Waals surface area contributed by atoms with Crippen LogP contribution in [0.3, 0.4) is 0 Å². The zero-order valence-electron chi connectivity index (χ0n) is 27.2. The molecule has 0 aromatic heterocycles. The van der Waals surface area contributed by atoms with Gasteiger partial charge in [-0.05, 0) is 79.4 Å². The second kappa shape index (κ2) is 16.0. The maximum absolute atomic E-state index is 14.4. The molecule has 1 N–H and O–H groups in total. The fourth-order valence-electron chi connectivity index (χ4n) is 6.57. The van der Waals surface area contributed by atoms with Crippen LogP contribution in [0.1, 0.15) is 54.0 Å². The summed E-state index contributed by atoms with van der Waals surface area (Å²) in [6, 6.07) is 31.6. The fourth-order valence-corrected chi connectivity index (χ4v) is 8.55. The Labute approximate surface area is 283 Å². The average Bonchev–Trinajstić information content (AvgIpc) is 3.11. The largest absolute Gasteiger partial charge is 0.530 e. The Kier molecular flexibility index (Phi) is 11.5. The minimum atomic E-state index is -4.67. The lowest BCUT2D eigenvalue weighted by Crippen LogP contribution is -2.49. The standard InChI is InChI=1S/C37H43NO8P2/c1-2-22-38-23-12-19-33-24-34-32(25-35(33)38)20-21-36(37(34)46-47(39,40)42-26-29-13-6-3-7-14-29)45-48(41,43-27-30-15-8-4-9-16-30)44-28-31-17-10-5-11-18-31/h3-11,13-18,20-21,33,35H,2,12,19,22-28H2,1H3,(H,39,40)/t33-,35-/m1/s1. The van der Waals surface area contributed by atoms with Crippen LogP contribution in [-0.4, -0.2) is 28.9 Å². The van der Waals surface area contributed by atoms with Gasteiger partial charge in [0.1, 0.15) is 0 Å². The van der Waals surface area contributed by atoms with E-state index in [4.69, 9.17) is 22.6 Å². The van der Waals surface area contributed by atoms with Crippen LogP contribution in [0.25, 0.3) is 0 Å². The molecule has 1 aliphatic carbocycles. The Morgan fingerprint density at radius 2 is 1.29 bits per heavy atom. The molecule has 2 aliphatic rings. The van der Waals surface area contributed by atoms with Crippen LogP contribution >= 0.6 is 15.6 Å². The molecule has 4 aromatic carbocycles. The van der Waals surface area contributed by atoms with E-state index in [0.29, 0.717) is 18.4 Å². The van der Waals surface area contributed by atoms with Crippen molar-refractivity contribution in [2.24, 2.45) is 5.92 Å². The van der Waals surface area contributed by atoms with E-state index in [9.17, 15) is 14.0 Å². The smallest absolute Gasteiger partial charge is 0.400 e. The summed E-state index contributed by atoms with van der Waals surface area (Å²) in [4.78, 5) is 13.6. The number of hydrogen-bond donors (Lipinski definition) is 1. The van der Waals surface area contributed by atoms with Crippen LogP contribution < -0.4 is 9.05 Å². The summed E-state index contributed by atoms with van der Waals surface area (Å²) in [6.07, 6.45) is 4.58. The molecule has 0 radical (unpaired) electrons. The van der Waals surface area contributed by atoms with Crippen molar-refractivity contribution in [1.82, 2.24) is 4.90 Å². The Morgan fingerprint density at radius 1 is 0.729 bits per heavy atom. The van der Waals surface area contributed by atoms with E-state index in [0.717, 1.165) is 66.6 Å². The van der Waals surface area contributed by atoms with E-state index < -0.39 is 15.6 Å². The number of benzene rings is 4. The van der Waals surface area contributed by atoms with Gasteiger partial charge in [0.25, 0.3) is 0 Å². The molecular formula is C37H43NO8P2. The Bertz CT molecular complexity index is 1670. The minimum absolute atomic E-state index is 0.00420. The van der Waals surface area contributed by atoms with Crippen LogP contribution in [0, 0.1) is 5.92 Å². The number of piperidine rings is 1. The van der Waals surface area contributed by atoms with E-state index in [1.807, 2.05) is 84.9 Å². The molecule has 0 spiro atoms. The molecule has 3 atom stereocenters. The van der Waals surface area contributed by atoms with Crippen molar-refractivity contribution in [3.05, 3.63) is 131 Å². The summed E-state index contributed by atoms with van der Waals surface area (Å²) in [5.41, 5.74) is 4.02. The predicted molar refractivity (Wildman–Crippen MR) is 185 cm³/mol. The van der Waals surface area contributed by atoms with Gasteiger partial charge in [-0.1, -0.05) is 104 Å². The van der Waals surface area contributed by atoms with Crippen LogP contribution in [0.4, 0.5) is 0 Å². The van der Waals surface area contributed by atoms with E-state index in [1.54, 1.807) is 18.2 Å². The molecule has 0 saturated carbocycles. The van der Waals surface area contributed by atoms with Gasteiger partial charge in [0, 0.05) is 11.6 Å². The predicted octanol–water partition coefficient (Wildman–Crippen LogP) is 8.89. The Morgan fingerprint density at radius 3 is 1.85 bits per heavy atom. The molecule has 1 fully saturated rings. The minimum Gasteiger partial charge on any atom is -0.400 e. The molecule has 6 rings (SSSR count). The van der Waals surface area contributed by atoms with Crippen LogP contribution in [0.15, 0.2) is 103 Å². The highest BCUT2D eigenvalue weighted by Gasteiger charge is 2.40. The SMILES string of the molecule is CCCN1CCC[C@@H]2Cc3c(ccc(OP(=O)(OCc4ccccc4)OCc4ccccc4)c3OP(=O)(O)OCc3ccccc3)C[C@H]21. The van der Waals surface area contributed by atoms with Crippen molar-refractivity contribution >= 4 is 15.6 Å². The summed E-state index contributed by atoms with van der Waals surface area (Å²) in [7, 11) is -8.98. The molecule has 1 heterocycles. The molecule has 11 heteroatoms. The molecule has 1 saturated heterocycles. The van der Waals surface area contributed by atoms with Crippen molar-refractivity contribution in [3.63, 3.8) is 0 Å². The van der Waals surface area contributed by atoms with Crippen LogP contribution in [-0.2, 0) is 55.4 Å². The third kappa shape index (κ3) is 9.04. The number of hydrogen-bond acceptors (Lipinski definition) is 8. The van der Waals surface area contributed by atoms with E-state index >= 15 is 0 Å². The zero-order valence-corrected chi connectivity index (χ0v) is 29.0. The zero-order chi connectivity index (χ0) is 33.4. The van der Waals surface area contributed by atoms with Gasteiger partial charge in [0.05, 0.1) is 19.8 Å². The third-order valence-corrected chi connectivity index (χ3v) is 11.1. The molecule has 48 heavy (non-hydrogen) atoms. The van der Waals surface area contributed by atoms with Gasteiger partial charge in [0.2, 0.25) is 0 Å². The molecule has 9 nitrogen and oxygen atoms in total. The summed E-state index contributed by atoms with van der Waals surface area (Å²) in [5.74, 6) is 0.356. The summed E-state index contributed by atoms with van der Waals surface area (Å²) < 4.78 is 57.2. The lowest BCUT2D eigenvalue weighted by molar-refractivity contribution is 0.0847. The lowest BCUT2D eigenvalue weighted by atomic mass is 9.75. The number of phosphoric acid groups is 2. The third-order valence-electron chi connectivity index (χ3n) is 8.88. The Balaban J connectivity index is 1.33. The van der Waals surface area contributed by atoms with Crippen molar-refractivity contribution in [3.8, 4) is 11.5 Å². The van der Waals surface area contributed by atoms with E-state index in [2.05, 4.69) is 11.8 Å². The molecule has 4 aromatic rings. The normalized spacial score (nSPS) is 19.1. The van der Waals surface area contributed by atoms with Gasteiger partial charge in [-0.25, -0.2) is 9.13 Å². The first-order valence-electron chi connectivity index (χ1n) is 16.6. The maximum atomic E-state index is 14.4. The first-order valence-corrected chi connectivity index (χ1v) is 19.5. The first kappa shape index (κ1) is 34.6. The first-order chi connectivity index (χ1) is 23.3. The second-order valence-electron chi connectivity index (χ2n) is 12.3. The molecule has 0 amide bonds. The van der Waals surface area contributed by atoms with Crippen molar-refractivity contribution in [2.45, 2.75) is 64.9 Å². The number of rotatable bonds is 15. The van der Waals surface area contributed by atoms with Crippen molar-refractivity contribution in [1.29, 1.82) is 0 Å². The summed E-state index contributed by atoms with van der Waals surface area (Å²) in [5, 5.41) is 0. The number of likely N-dealkylation sites (tertiary alicyclic amines) is 1. The highest BCUT2D eigenvalue weighted by atomic mass is 31.2. The number of phosphoric ester groups is 2. The monoisotopic (exact) mass is 691 g/mol. The molecular weight excluding hydrogens is 648 g/mol. The van der Waals surface area contributed by atoms with Crippen LogP contribution in [0.2, 0.25) is 0 Å². The van der Waals surface area contributed by atoms with E-state index in [1.165, 1.54) is 0 Å². The van der Waals surface area contributed by atoms with Gasteiger partial charge in [-0.2, -0.15) is 0 Å². The highest BCUT2D eigenvalue weighted by Crippen LogP contribution is 2.57. The number of nitrogens with zero attached hydrogens (tertiary/aromatic N) is 1. The van der Waals surface area contributed by atoms with Gasteiger partial charge < -0.3 is 9.05 Å². The Hall–Kier alpha value is -3.26. The quantitative estimate of drug-likeness (QED) is 0.122. The molecule has 1 unspecified atom stereocenters. The lowest BCUT2D eigenvalue weighted by Gasteiger charge is -2.45. The highest BCUT2D eigenvalue weighted by molar-refractivity contribution is 7.49. The van der Waals surface area contributed by atoms with Crippen molar-refractivity contribution < 1.29 is 36.6 Å². The van der Waals surface area contributed by atoms with E-state index in [-0.39, 0.29) is 31.3 Å². The average molecular weight is 692 g/mol. The van der Waals surface area contributed by atoms with Gasteiger partial charge in [-0.15, -0.1) is 0 Å².